The van der Waals surface area contributed by atoms with Crippen LogP contribution in [0.4, 0.5) is 0 Å². The highest BCUT2D eigenvalue weighted by atomic mass is 16.5. The molecule has 158 valence electrons. The Bertz CT molecular complexity index is 947. The second-order valence-electron chi connectivity index (χ2n) is 7.39. The number of carbonyl (C=O) groups excluding carboxylic acids is 1. The third-order valence-corrected chi connectivity index (χ3v) is 5.24. The van der Waals surface area contributed by atoms with Gasteiger partial charge in [0.2, 0.25) is 0 Å². The Balaban J connectivity index is 1.89. The van der Waals surface area contributed by atoms with E-state index >= 15 is 0 Å². The number of quaternary nitrogens is 1. The van der Waals surface area contributed by atoms with E-state index in [1.165, 1.54) is 0 Å². The molecule has 2 aromatic carbocycles. The predicted octanol–water partition coefficient (Wildman–Crippen LogP) is 2.43. The third-order valence-electron chi connectivity index (χ3n) is 5.24. The lowest BCUT2D eigenvalue weighted by atomic mass is 10.1. The van der Waals surface area contributed by atoms with E-state index in [1.54, 1.807) is 7.11 Å². The average Bonchev–Trinajstić information content (AvgIpc) is 3.18. The second-order valence-corrected chi connectivity index (χ2v) is 7.39. The minimum absolute atomic E-state index is 0.180. The monoisotopic (exact) mass is 407 g/mol. The molecule has 0 fully saturated rings. The third kappa shape index (κ3) is 5.07. The molecule has 0 radical (unpaired) electrons. The molecule has 0 aliphatic carbocycles. The quantitative estimate of drug-likeness (QED) is 0.593. The van der Waals surface area contributed by atoms with Crippen LogP contribution in [0.3, 0.4) is 0 Å². The van der Waals surface area contributed by atoms with Crippen molar-refractivity contribution < 1.29 is 14.4 Å². The minimum atomic E-state index is 0.180. The van der Waals surface area contributed by atoms with E-state index < -0.39 is 0 Å². The Morgan fingerprint density at radius 2 is 1.73 bits per heavy atom. The maximum Gasteiger partial charge on any atom is 0.277 e. The average molecular weight is 408 g/mol. The fourth-order valence-corrected chi connectivity index (χ4v) is 3.58. The summed E-state index contributed by atoms with van der Waals surface area (Å²) in [5.74, 6) is 0.995. The van der Waals surface area contributed by atoms with Gasteiger partial charge in [-0.25, -0.2) is 4.68 Å². The van der Waals surface area contributed by atoms with Gasteiger partial charge in [-0.3, -0.25) is 4.79 Å². The highest BCUT2D eigenvalue weighted by Crippen LogP contribution is 2.25. The van der Waals surface area contributed by atoms with Crippen molar-refractivity contribution in [2.24, 2.45) is 0 Å². The van der Waals surface area contributed by atoms with Gasteiger partial charge < -0.3 is 14.5 Å². The predicted molar refractivity (Wildman–Crippen MR) is 119 cm³/mol. The van der Waals surface area contributed by atoms with Gasteiger partial charge in [0.25, 0.3) is 5.91 Å². The molecule has 0 spiro atoms. The summed E-state index contributed by atoms with van der Waals surface area (Å²) in [4.78, 5) is 15.5. The number of hydrogen-bond acceptors (Lipinski definition) is 3. The van der Waals surface area contributed by atoms with E-state index in [0.717, 1.165) is 46.2 Å². The molecule has 6 nitrogen and oxygen atoms in total. The first-order valence-corrected chi connectivity index (χ1v) is 10.4. The number of para-hydroxylation sites is 1. The Hall–Kier alpha value is -3.12. The lowest BCUT2D eigenvalue weighted by Crippen LogP contribution is -3.08. The first kappa shape index (κ1) is 21.6. The van der Waals surface area contributed by atoms with Gasteiger partial charge in [0, 0.05) is 24.8 Å². The van der Waals surface area contributed by atoms with Gasteiger partial charge in [-0.2, -0.15) is 5.10 Å². The summed E-state index contributed by atoms with van der Waals surface area (Å²) in [6.45, 7) is 6.68. The molecule has 1 N–H and O–H groups in total. The number of nitrogens with one attached hydrogen (secondary N) is 1. The van der Waals surface area contributed by atoms with Gasteiger partial charge in [-0.15, -0.1) is 0 Å². The largest absolute Gasteiger partial charge is 0.497 e. The van der Waals surface area contributed by atoms with Crippen LogP contribution >= 0.6 is 0 Å². The van der Waals surface area contributed by atoms with Crippen molar-refractivity contribution >= 4 is 5.91 Å². The van der Waals surface area contributed by atoms with Crippen LogP contribution in [-0.4, -0.2) is 54.4 Å². The van der Waals surface area contributed by atoms with Gasteiger partial charge in [-0.05, 0) is 50.2 Å². The number of hydrogen-bond donors (Lipinski definition) is 1. The number of carbonyl (C=O) groups is 1. The first-order valence-electron chi connectivity index (χ1n) is 10.4. The molecule has 3 rings (SSSR count). The summed E-state index contributed by atoms with van der Waals surface area (Å²) in [7, 11) is 3.72. The summed E-state index contributed by atoms with van der Waals surface area (Å²) in [6, 6.07) is 18.0. The van der Waals surface area contributed by atoms with Gasteiger partial charge in [0.1, 0.15) is 18.0 Å². The van der Waals surface area contributed by atoms with E-state index in [4.69, 9.17) is 9.84 Å². The van der Waals surface area contributed by atoms with Crippen LogP contribution in [0.1, 0.15) is 19.4 Å². The van der Waals surface area contributed by atoms with Gasteiger partial charge >= 0.3 is 0 Å². The molecule has 0 saturated carbocycles. The molecule has 1 heterocycles. The molecule has 1 unspecified atom stereocenters. The number of likely N-dealkylation sites (N-methyl/N-ethyl adjacent to an activating group) is 2. The molecule has 1 aromatic heterocycles. The van der Waals surface area contributed by atoms with E-state index in [2.05, 4.69) is 13.2 Å². The molecule has 0 saturated heterocycles. The fraction of sp³-hybridized carbons (Fsp3) is 0.333. The standard InChI is InChI=1S/C24H30N4O2/c1-5-27(6-2)23(29)18-26(3)16-20-17-28(21-10-8-7-9-11-21)25-24(20)19-12-14-22(30-4)15-13-19/h7-15,17H,5-6,16,18H2,1-4H3/p+1. The highest BCUT2D eigenvalue weighted by Gasteiger charge is 2.20. The van der Waals surface area contributed by atoms with Crippen LogP contribution in [0.2, 0.25) is 0 Å². The molecule has 0 aliphatic heterocycles. The summed E-state index contributed by atoms with van der Waals surface area (Å²) in [6.07, 6.45) is 2.07. The lowest BCUT2D eigenvalue weighted by molar-refractivity contribution is -0.885. The van der Waals surface area contributed by atoms with Crippen molar-refractivity contribution in [3.8, 4) is 22.7 Å². The van der Waals surface area contributed by atoms with E-state index in [-0.39, 0.29) is 5.91 Å². The van der Waals surface area contributed by atoms with E-state index in [0.29, 0.717) is 13.1 Å². The van der Waals surface area contributed by atoms with Crippen molar-refractivity contribution in [3.63, 3.8) is 0 Å². The number of aromatic nitrogens is 2. The molecular weight excluding hydrogens is 376 g/mol. The number of rotatable bonds is 9. The Morgan fingerprint density at radius 1 is 1.07 bits per heavy atom. The summed E-state index contributed by atoms with van der Waals surface area (Å²) in [5.41, 5.74) is 4.07. The van der Waals surface area contributed by atoms with E-state index in [1.807, 2.05) is 78.0 Å². The first-order chi connectivity index (χ1) is 14.5. The van der Waals surface area contributed by atoms with Crippen LogP contribution in [0.15, 0.2) is 60.8 Å². The fourth-order valence-electron chi connectivity index (χ4n) is 3.58. The molecule has 0 bridgehead atoms. The molecule has 6 heteroatoms. The number of methoxy groups -OCH3 is 1. The van der Waals surface area contributed by atoms with Crippen LogP contribution in [0.25, 0.3) is 16.9 Å². The minimum Gasteiger partial charge on any atom is -0.497 e. The van der Waals surface area contributed by atoms with Crippen molar-refractivity contribution in [2.45, 2.75) is 20.4 Å². The van der Waals surface area contributed by atoms with Gasteiger partial charge in [-0.1, -0.05) is 18.2 Å². The Kier molecular flexibility index (Phi) is 7.25. The van der Waals surface area contributed by atoms with Crippen LogP contribution in [-0.2, 0) is 11.3 Å². The smallest absolute Gasteiger partial charge is 0.277 e. The summed E-state index contributed by atoms with van der Waals surface area (Å²) < 4.78 is 7.20. The maximum absolute atomic E-state index is 12.5. The van der Waals surface area contributed by atoms with Crippen LogP contribution in [0.5, 0.6) is 5.75 Å². The number of nitrogens with zero attached hydrogens (tertiary/aromatic N) is 3. The van der Waals surface area contributed by atoms with Crippen molar-refractivity contribution in [2.75, 3.05) is 33.8 Å². The summed E-state index contributed by atoms with van der Waals surface area (Å²) >= 11 is 0. The van der Waals surface area contributed by atoms with E-state index in [9.17, 15) is 4.79 Å². The second kappa shape index (κ2) is 10.1. The number of ether oxygens (including phenoxy) is 1. The normalized spacial score (nSPS) is 11.9. The topological polar surface area (TPSA) is 51.8 Å². The zero-order valence-corrected chi connectivity index (χ0v) is 18.3. The van der Waals surface area contributed by atoms with Crippen LogP contribution < -0.4 is 9.64 Å². The van der Waals surface area contributed by atoms with Crippen molar-refractivity contribution in [1.82, 2.24) is 14.7 Å². The Labute approximate surface area is 178 Å². The molecule has 3 aromatic rings. The van der Waals surface area contributed by atoms with Crippen molar-refractivity contribution in [3.05, 3.63) is 66.4 Å². The van der Waals surface area contributed by atoms with Crippen LogP contribution in [0, 0.1) is 0 Å². The zero-order chi connectivity index (χ0) is 21.5. The lowest BCUT2D eigenvalue weighted by Gasteiger charge is -2.21. The molecule has 1 atom stereocenters. The maximum atomic E-state index is 12.5. The van der Waals surface area contributed by atoms with Crippen molar-refractivity contribution in [1.29, 1.82) is 0 Å². The number of benzene rings is 2. The molecule has 30 heavy (non-hydrogen) atoms. The SMILES string of the molecule is CCN(CC)C(=O)C[NH+](C)Cc1cn(-c2ccccc2)nc1-c1ccc(OC)cc1. The van der Waals surface area contributed by atoms with Gasteiger partial charge in [0.15, 0.2) is 6.54 Å². The van der Waals surface area contributed by atoms with Gasteiger partial charge in [0.05, 0.1) is 25.4 Å². The molecule has 0 aliphatic rings. The molecule has 1 amide bonds. The highest BCUT2D eigenvalue weighted by molar-refractivity contribution is 5.77. The summed E-state index contributed by atoms with van der Waals surface area (Å²) in [5, 5.41) is 4.87. The Morgan fingerprint density at radius 3 is 2.33 bits per heavy atom. The number of amides is 1. The zero-order valence-electron chi connectivity index (χ0n) is 18.3. The molecular formula is C24H31N4O2+.